The van der Waals surface area contributed by atoms with E-state index in [1.807, 2.05) is 6.33 Å². The normalized spacial score (nSPS) is 24.0. The molecule has 1 amide bonds. The third-order valence-corrected chi connectivity index (χ3v) is 6.62. The molecule has 0 saturated heterocycles. The van der Waals surface area contributed by atoms with Crippen molar-refractivity contribution in [1.82, 2.24) is 24.9 Å². The van der Waals surface area contributed by atoms with Crippen LogP contribution in [0.15, 0.2) is 6.33 Å². The molecule has 2 aliphatic rings. The fraction of sp³-hybridized carbons (Fsp3) is 0.700. The Morgan fingerprint density at radius 1 is 1.25 bits per heavy atom. The summed E-state index contributed by atoms with van der Waals surface area (Å²) in [6.45, 7) is 5.44. The first-order valence-electron chi connectivity index (χ1n) is 10.6. The predicted molar refractivity (Wildman–Crippen MR) is 109 cm³/mol. The van der Waals surface area contributed by atoms with E-state index in [-0.39, 0.29) is 5.82 Å². The minimum Gasteiger partial charge on any atom is -0.365 e. The maximum absolute atomic E-state index is 12.0. The number of nitrogens with one attached hydrogen (secondary N) is 2. The molecule has 28 heavy (non-hydrogen) atoms. The molecule has 0 aromatic carbocycles. The summed E-state index contributed by atoms with van der Waals surface area (Å²) >= 11 is 0. The molecule has 2 aliphatic carbocycles. The second-order valence-corrected chi connectivity index (χ2v) is 8.69. The Kier molecular flexibility index (Phi) is 5.48. The lowest BCUT2D eigenvalue weighted by Crippen LogP contribution is -2.33. The summed E-state index contributed by atoms with van der Waals surface area (Å²) in [4.78, 5) is 25.4. The molecule has 0 unspecified atom stereocenters. The van der Waals surface area contributed by atoms with Crippen LogP contribution in [-0.4, -0.2) is 31.5 Å². The molecule has 1 atom stereocenters. The van der Waals surface area contributed by atoms with Crippen LogP contribution in [0.1, 0.15) is 69.4 Å². The van der Waals surface area contributed by atoms with Gasteiger partial charge in [0.15, 0.2) is 11.5 Å². The van der Waals surface area contributed by atoms with Crippen LogP contribution in [0.4, 0.5) is 5.82 Å². The first-order valence-corrected chi connectivity index (χ1v) is 10.6. The second-order valence-electron chi connectivity index (χ2n) is 8.69. The molecule has 4 rings (SSSR count). The smallest absolute Gasteiger partial charge is 0.303 e. The number of carbonyl (C=O) groups excluding carboxylic acids is 1. The number of fused-ring (bicyclic) bond motifs is 1. The number of nitrogens with zero attached hydrogens (tertiary/aromatic N) is 4. The topological polar surface area (TPSA) is 111 Å². The van der Waals surface area contributed by atoms with E-state index >= 15 is 0 Å². The van der Waals surface area contributed by atoms with Crippen molar-refractivity contribution in [3.63, 3.8) is 0 Å². The van der Waals surface area contributed by atoms with Gasteiger partial charge in [0.1, 0.15) is 5.52 Å². The summed E-state index contributed by atoms with van der Waals surface area (Å²) in [5.74, 6) is 7.65. The van der Waals surface area contributed by atoms with Gasteiger partial charge < -0.3 is 9.88 Å². The average Bonchev–Trinajstić information content (AvgIpc) is 3.04. The van der Waals surface area contributed by atoms with Crippen molar-refractivity contribution < 1.29 is 4.79 Å². The number of nitrogens with two attached hydrogens (primary N) is 1. The van der Waals surface area contributed by atoms with Crippen LogP contribution < -0.4 is 16.6 Å². The molecule has 0 spiro atoms. The molecule has 0 radical (unpaired) electrons. The number of hydrogen-bond acceptors (Lipinski definition) is 6. The van der Waals surface area contributed by atoms with E-state index < -0.39 is 5.91 Å². The van der Waals surface area contributed by atoms with Crippen molar-refractivity contribution in [3.8, 4) is 0 Å². The fourth-order valence-electron chi connectivity index (χ4n) is 4.45. The molecule has 2 aromatic heterocycles. The third-order valence-electron chi connectivity index (χ3n) is 6.62. The zero-order valence-corrected chi connectivity index (χ0v) is 16.8. The third kappa shape index (κ3) is 3.83. The van der Waals surface area contributed by atoms with Gasteiger partial charge in [-0.15, -0.1) is 0 Å². The first kappa shape index (κ1) is 19.1. The second kappa shape index (κ2) is 8.03. The van der Waals surface area contributed by atoms with E-state index in [1.54, 1.807) is 0 Å². The van der Waals surface area contributed by atoms with Gasteiger partial charge in [-0.05, 0) is 50.4 Å². The van der Waals surface area contributed by atoms with Gasteiger partial charge in [-0.25, -0.2) is 20.8 Å². The van der Waals surface area contributed by atoms with E-state index in [9.17, 15) is 4.79 Å². The Morgan fingerprint density at radius 3 is 2.64 bits per heavy atom. The van der Waals surface area contributed by atoms with Crippen LogP contribution in [0, 0.1) is 17.8 Å². The predicted octanol–water partition coefficient (Wildman–Crippen LogP) is 2.86. The van der Waals surface area contributed by atoms with Crippen molar-refractivity contribution in [2.24, 2.45) is 23.6 Å². The SMILES string of the molecule is CC1CCC(Cn2cnc3nc(C(=O)NN)nc(N[C@H](C)C4CCC4)c32)CC1. The lowest BCUT2D eigenvalue weighted by molar-refractivity contribution is 0.0943. The summed E-state index contributed by atoms with van der Waals surface area (Å²) in [5, 5.41) is 3.54. The molecule has 2 aromatic rings. The van der Waals surface area contributed by atoms with Crippen LogP contribution in [0.5, 0.6) is 0 Å². The summed E-state index contributed by atoms with van der Waals surface area (Å²) in [5.41, 5.74) is 3.55. The van der Waals surface area contributed by atoms with Gasteiger partial charge in [0, 0.05) is 12.6 Å². The highest BCUT2D eigenvalue weighted by molar-refractivity contribution is 5.94. The standard InChI is InChI=1S/C20H31N7O/c1-12-6-8-14(9-7-12)10-27-11-22-17-16(27)18(23-13(2)15-4-3-5-15)25-19(24-17)20(28)26-21/h11-15H,3-10,21H2,1-2H3,(H,26,28)(H,23,24,25)/t12?,13-,14?/m1/s1. The van der Waals surface area contributed by atoms with Gasteiger partial charge in [0.25, 0.3) is 0 Å². The van der Waals surface area contributed by atoms with Crippen LogP contribution in [0.2, 0.25) is 0 Å². The molecular formula is C20H31N7O. The summed E-state index contributed by atoms with van der Waals surface area (Å²) < 4.78 is 2.16. The molecule has 0 aliphatic heterocycles. The fourth-order valence-corrected chi connectivity index (χ4v) is 4.45. The van der Waals surface area contributed by atoms with Gasteiger partial charge in [-0.3, -0.25) is 10.2 Å². The Labute approximate surface area is 165 Å². The minimum atomic E-state index is -0.503. The monoisotopic (exact) mass is 385 g/mol. The van der Waals surface area contributed by atoms with Gasteiger partial charge >= 0.3 is 5.91 Å². The van der Waals surface area contributed by atoms with Crippen LogP contribution in [-0.2, 0) is 6.54 Å². The molecule has 2 heterocycles. The van der Waals surface area contributed by atoms with E-state index in [0.717, 1.165) is 18.0 Å². The Morgan fingerprint density at radius 2 is 2.00 bits per heavy atom. The van der Waals surface area contributed by atoms with E-state index in [2.05, 4.69) is 44.1 Å². The van der Waals surface area contributed by atoms with E-state index in [0.29, 0.717) is 29.3 Å². The summed E-state index contributed by atoms with van der Waals surface area (Å²) in [7, 11) is 0. The van der Waals surface area contributed by atoms with Crippen molar-refractivity contribution in [2.45, 2.75) is 71.4 Å². The number of rotatable bonds is 6. The Balaban J connectivity index is 1.65. The average molecular weight is 386 g/mol. The van der Waals surface area contributed by atoms with Crippen LogP contribution in [0.3, 0.4) is 0 Å². The highest BCUT2D eigenvalue weighted by Gasteiger charge is 2.27. The number of aromatic nitrogens is 4. The molecular weight excluding hydrogens is 354 g/mol. The van der Waals surface area contributed by atoms with Crippen molar-refractivity contribution >= 4 is 22.9 Å². The number of anilines is 1. The lowest BCUT2D eigenvalue weighted by atomic mass is 9.80. The number of nitrogen functional groups attached to an aromatic ring is 1. The molecule has 8 heteroatoms. The van der Waals surface area contributed by atoms with E-state index in [1.165, 1.54) is 44.9 Å². The highest BCUT2D eigenvalue weighted by atomic mass is 16.2. The van der Waals surface area contributed by atoms with Crippen LogP contribution in [0.25, 0.3) is 11.2 Å². The molecule has 0 bridgehead atoms. The van der Waals surface area contributed by atoms with Crippen molar-refractivity contribution in [1.29, 1.82) is 0 Å². The number of imidazole rings is 1. The lowest BCUT2D eigenvalue weighted by Gasteiger charge is -2.32. The minimum absolute atomic E-state index is 0.0510. The number of amides is 1. The van der Waals surface area contributed by atoms with Gasteiger partial charge in [0.2, 0.25) is 5.82 Å². The number of hydrogen-bond donors (Lipinski definition) is 3. The number of carbonyl (C=O) groups is 1. The largest absolute Gasteiger partial charge is 0.365 e. The Hall–Kier alpha value is -2.22. The van der Waals surface area contributed by atoms with Crippen molar-refractivity contribution in [3.05, 3.63) is 12.2 Å². The zero-order valence-electron chi connectivity index (χ0n) is 16.8. The molecule has 8 nitrogen and oxygen atoms in total. The molecule has 2 fully saturated rings. The van der Waals surface area contributed by atoms with Gasteiger partial charge in [-0.2, -0.15) is 0 Å². The van der Waals surface area contributed by atoms with Gasteiger partial charge in [-0.1, -0.05) is 26.2 Å². The van der Waals surface area contributed by atoms with Crippen LogP contribution >= 0.6 is 0 Å². The maximum atomic E-state index is 12.0. The highest BCUT2D eigenvalue weighted by Crippen LogP contribution is 2.33. The number of hydrazine groups is 1. The first-order chi connectivity index (χ1) is 13.5. The zero-order chi connectivity index (χ0) is 19.7. The Bertz CT molecular complexity index is 836. The molecule has 4 N–H and O–H groups in total. The summed E-state index contributed by atoms with van der Waals surface area (Å²) in [6.07, 6.45) is 10.7. The van der Waals surface area contributed by atoms with E-state index in [4.69, 9.17) is 5.84 Å². The quantitative estimate of drug-likeness (QED) is 0.401. The maximum Gasteiger partial charge on any atom is 0.303 e. The van der Waals surface area contributed by atoms with Gasteiger partial charge in [0.05, 0.1) is 6.33 Å². The molecule has 152 valence electrons. The van der Waals surface area contributed by atoms with Crippen molar-refractivity contribution in [2.75, 3.05) is 5.32 Å². The molecule has 2 saturated carbocycles. The summed E-state index contributed by atoms with van der Waals surface area (Å²) in [6, 6.07) is 0.291.